The topological polar surface area (TPSA) is 65.0 Å². The highest BCUT2D eigenvalue weighted by Gasteiger charge is 2.23. The Labute approximate surface area is 292 Å². The number of nitrogens with zero attached hydrogens (tertiary/aromatic N) is 3. The normalized spacial score (nSPS) is 12.2. The van der Waals surface area contributed by atoms with Crippen molar-refractivity contribution in [3.63, 3.8) is 0 Å². The summed E-state index contributed by atoms with van der Waals surface area (Å²) in [5, 5.41) is 4.14. The second-order valence-electron chi connectivity index (χ2n) is 13.1. The molecule has 0 saturated carbocycles. The monoisotopic (exact) mass is 653 g/mol. The Morgan fingerprint density at radius 1 is 0.373 bits per heavy atom. The lowest BCUT2D eigenvalue weighted by molar-refractivity contribution is 0.668. The molecule has 3 heterocycles. The van der Waals surface area contributed by atoms with E-state index in [0.29, 0.717) is 17.5 Å². The van der Waals surface area contributed by atoms with Crippen molar-refractivity contribution < 1.29 is 8.83 Å². The largest absolute Gasteiger partial charge is 0.456 e. The van der Waals surface area contributed by atoms with Gasteiger partial charge < -0.3 is 8.83 Å². The zero-order chi connectivity index (χ0) is 33.5. The lowest BCUT2D eigenvalue weighted by Gasteiger charge is -2.10. The van der Waals surface area contributed by atoms with Crippen molar-refractivity contribution in [3.8, 4) is 56.4 Å². The molecule has 238 valence electrons. The zero-order valence-electron chi connectivity index (χ0n) is 27.3. The summed E-state index contributed by atoms with van der Waals surface area (Å²) in [6.07, 6.45) is 0.966. The van der Waals surface area contributed by atoms with E-state index in [0.717, 1.165) is 72.6 Å². The summed E-state index contributed by atoms with van der Waals surface area (Å²) in [5.74, 6) is 1.76. The molecule has 5 heteroatoms. The standard InChI is InChI=1S/C46H27N3O2/c1-2-10-27(11-3-1)44-47-45(49-46(48-44)37-17-9-19-39-43(37)36-15-6-7-18-38(36)50-39)31-21-23-35-34-22-20-29(25-40(34)51-41(35)26-31)33-16-8-13-30-24-28-12-4-5-14-32(28)42(30)33/h1-23,25-26H,24H2. The van der Waals surface area contributed by atoms with Crippen LogP contribution >= 0.6 is 0 Å². The molecule has 10 aromatic rings. The minimum absolute atomic E-state index is 0.574. The second-order valence-corrected chi connectivity index (χ2v) is 13.1. The average molecular weight is 654 g/mol. The Kier molecular flexibility index (Phi) is 5.95. The molecule has 11 rings (SSSR count). The first-order valence-corrected chi connectivity index (χ1v) is 17.1. The van der Waals surface area contributed by atoms with E-state index < -0.39 is 0 Å². The van der Waals surface area contributed by atoms with E-state index in [1.165, 1.54) is 27.8 Å². The molecule has 5 nitrogen and oxygen atoms in total. The first-order chi connectivity index (χ1) is 25.2. The van der Waals surface area contributed by atoms with Crippen molar-refractivity contribution in [3.05, 3.63) is 163 Å². The van der Waals surface area contributed by atoms with Gasteiger partial charge in [0.1, 0.15) is 22.3 Å². The SMILES string of the molecule is c1ccc(-c2nc(-c3ccc4c(c3)oc3cc(-c5cccc6c5-c5ccccc5C6)ccc34)nc(-c3cccc4oc5ccccc5c34)n2)cc1. The van der Waals surface area contributed by atoms with Crippen molar-refractivity contribution in [2.24, 2.45) is 0 Å². The van der Waals surface area contributed by atoms with Gasteiger partial charge in [-0.15, -0.1) is 0 Å². The number of hydrogen-bond acceptors (Lipinski definition) is 5. The molecule has 0 bridgehead atoms. The molecule has 0 saturated heterocycles. The van der Waals surface area contributed by atoms with E-state index in [2.05, 4.69) is 84.9 Å². The number of para-hydroxylation sites is 1. The van der Waals surface area contributed by atoms with Gasteiger partial charge in [0.2, 0.25) is 0 Å². The summed E-state index contributed by atoms with van der Waals surface area (Å²) in [6, 6.07) is 52.3. The summed E-state index contributed by atoms with van der Waals surface area (Å²) in [7, 11) is 0. The highest BCUT2D eigenvalue weighted by Crippen LogP contribution is 2.44. The summed E-state index contributed by atoms with van der Waals surface area (Å²) in [4.78, 5) is 15.1. The molecule has 3 aromatic heterocycles. The van der Waals surface area contributed by atoms with Crippen LogP contribution in [0.15, 0.2) is 160 Å². The maximum absolute atomic E-state index is 6.61. The number of hydrogen-bond donors (Lipinski definition) is 0. The summed E-state index contributed by atoms with van der Waals surface area (Å²) >= 11 is 0. The van der Waals surface area contributed by atoms with E-state index in [1.54, 1.807) is 0 Å². The van der Waals surface area contributed by atoms with Crippen molar-refractivity contribution in [2.75, 3.05) is 0 Å². The Hall–Kier alpha value is -6.85. The summed E-state index contributed by atoms with van der Waals surface area (Å²) < 4.78 is 12.8. The van der Waals surface area contributed by atoms with Crippen LogP contribution in [-0.2, 0) is 6.42 Å². The van der Waals surface area contributed by atoms with Crippen LogP contribution in [0.1, 0.15) is 11.1 Å². The third-order valence-corrected chi connectivity index (χ3v) is 10.2. The molecule has 0 unspecified atom stereocenters. The third kappa shape index (κ3) is 4.38. The van der Waals surface area contributed by atoms with E-state index in [4.69, 9.17) is 23.8 Å². The quantitative estimate of drug-likeness (QED) is 0.189. The predicted octanol–water partition coefficient (Wildman–Crippen LogP) is 11.9. The molecule has 0 atom stereocenters. The van der Waals surface area contributed by atoms with Crippen molar-refractivity contribution >= 4 is 43.9 Å². The van der Waals surface area contributed by atoms with Crippen molar-refractivity contribution in [2.45, 2.75) is 6.42 Å². The van der Waals surface area contributed by atoms with Crippen LogP contribution in [0.3, 0.4) is 0 Å². The van der Waals surface area contributed by atoms with E-state index >= 15 is 0 Å². The predicted molar refractivity (Wildman–Crippen MR) is 204 cm³/mol. The molecule has 0 aliphatic heterocycles. The Bertz CT molecular complexity index is 3010. The van der Waals surface area contributed by atoms with Crippen LogP contribution < -0.4 is 0 Å². The fourth-order valence-corrected chi connectivity index (χ4v) is 7.82. The number of furan rings is 2. The summed E-state index contributed by atoms with van der Waals surface area (Å²) in [6.45, 7) is 0. The van der Waals surface area contributed by atoms with Crippen molar-refractivity contribution in [1.82, 2.24) is 15.0 Å². The lowest BCUT2D eigenvalue weighted by atomic mass is 9.94. The smallest absolute Gasteiger partial charge is 0.164 e. The van der Waals surface area contributed by atoms with Gasteiger partial charge in [-0.05, 0) is 76.2 Å². The second kappa shape index (κ2) is 10.8. The Morgan fingerprint density at radius 3 is 1.86 bits per heavy atom. The van der Waals surface area contributed by atoms with Gasteiger partial charge in [0.05, 0.1) is 0 Å². The molecule has 0 N–H and O–H groups in total. The third-order valence-electron chi connectivity index (χ3n) is 10.2. The fourth-order valence-electron chi connectivity index (χ4n) is 7.82. The number of benzene rings is 7. The first kappa shape index (κ1) is 28.0. The highest BCUT2D eigenvalue weighted by molar-refractivity contribution is 6.12. The molecular formula is C46H27N3O2. The minimum atomic E-state index is 0.574. The van der Waals surface area contributed by atoms with Crippen LogP contribution in [0.5, 0.6) is 0 Å². The van der Waals surface area contributed by atoms with Gasteiger partial charge in [0, 0.05) is 38.2 Å². The molecule has 0 spiro atoms. The lowest BCUT2D eigenvalue weighted by Crippen LogP contribution is -2.00. The fraction of sp³-hybridized carbons (Fsp3) is 0.0217. The molecule has 1 aliphatic carbocycles. The average Bonchev–Trinajstić information content (AvgIpc) is 3.88. The van der Waals surface area contributed by atoms with Crippen molar-refractivity contribution in [1.29, 1.82) is 0 Å². The molecule has 0 fully saturated rings. The Morgan fingerprint density at radius 2 is 0.980 bits per heavy atom. The maximum atomic E-state index is 6.61. The summed E-state index contributed by atoms with van der Waals surface area (Å²) in [5.41, 5.74) is 13.7. The number of aromatic nitrogens is 3. The van der Waals surface area contributed by atoms with Gasteiger partial charge in [-0.25, -0.2) is 15.0 Å². The van der Waals surface area contributed by atoms with Gasteiger partial charge in [-0.1, -0.05) is 115 Å². The van der Waals surface area contributed by atoms with Gasteiger partial charge >= 0.3 is 0 Å². The van der Waals surface area contributed by atoms with E-state index in [9.17, 15) is 0 Å². The van der Waals surface area contributed by atoms with E-state index in [1.807, 2.05) is 66.7 Å². The van der Waals surface area contributed by atoms with Crippen LogP contribution in [0, 0.1) is 0 Å². The van der Waals surface area contributed by atoms with E-state index in [-0.39, 0.29) is 0 Å². The Balaban J connectivity index is 1.06. The van der Waals surface area contributed by atoms with Gasteiger partial charge in [0.25, 0.3) is 0 Å². The number of rotatable bonds is 4. The molecular weight excluding hydrogens is 627 g/mol. The molecule has 51 heavy (non-hydrogen) atoms. The van der Waals surface area contributed by atoms with Crippen LogP contribution in [0.25, 0.3) is 100 Å². The van der Waals surface area contributed by atoms with Gasteiger partial charge in [-0.2, -0.15) is 0 Å². The first-order valence-electron chi connectivity index (χ1n) is 17.1. The van der Waals surface area contributed by atoms with Crippen LogP contribution in [0.4, 0.5) is 0 Å². The molecule has 0 amide bonds. The molecule has 1 aliphatic rings. The van der Waals surface area contributed by atoms with Gasteiger partial charge in [-0.3, -0.25) is 0 Å². The highest BCUT2D eigenvalue weighted by atomic mass is 16.3. The maximum Gasteiger partial charge on any atom is 0.164 e. The number of fused-ring (bicyclic) bond motifs is 9. The van der Waals surface area contributed by atoms with Crippen LogP contribution in [-0.4, -0.2) is 15.0 Å². The van der Waals surface area contributed by atoms with Crippen LogP contribution in [0.2, 0.25) is 0 Å². The molecule has 7 aromatic carbocycles. The molecule has 0 radical (unpaired) electrons. The van der Waals surface area contributed by atoms with Gasteiger partial charge in [0.15, 0.2) is 17.5 Å². The zero-order valence-corrected chi connectivity index (χ0v) is 27.3. The minimum Gasteiger partial charge on any atom is -0.456 e.